The van der Waals surface area contributed by atoms with Gasteiger partial charge in [-0.05, 0) is 42.5 Å². The first kappa shape index (κ1) is 20.4. The number of urea groups is 1. The topological polar surface area (TPSA) is 97.0 Å². The van der Waals surface area contributed by atoms with E-state index < -0.39 is 16.1 Å². The lowest BCUT2D eigenvalue weighted by Gasteiger charge is -2.26. The van der Waals surface area contributed by atoms with Gasteiger partial charge in [-0.3, -0.25) is 0 Å². The predicted molar refractivity (Wildman–Crippen MR) is 107 cm³/mol. The van der Waals surface area contributed by atoms with E-state index in [9.17, 15) is 13.2 Å². The number of carbonyl (C=O) groups excluding carboxylic acids is 1. The van der Waals surface area contributed by atoms with E-state index in [-0.39, 0.29) is 23.7 Å². The highest BCUT2D eigenvalue weighted by molar-refractivity contribution is 7.89. The van der Waals surface area contributed by atoms with Crippen LogP contribution in [0.2, 0.25) is 5.02 Å². The summed E-state index contributed by atoms with van der Waals surface area (Å²) in [5.74, 6) is 0.340. The van der Waals surface area contributed by atoms with Crippen LogP contribution >= 0.6 is 11.6 Å². The normalized spacial score (nSPS) is 15.1. The number of ether oxygens (including phenoxy) is 2. The number of morpholine rings is 1. The van der Waals surface area contributed by atoms with Crippen molar-refractivity contribution in [3.05, 3.63) is 47.5 Å². The number of nitrogens with one attached hydrogen (secondary N) is 2. The lowest BCUT2D eigenvalue weighted by atomic mass is 10.3. The molecule has 1 aliphatic rings. The Labute approximate surface area is 168 Å². The number of anilines is 2. The molecular formula is C18H20ClN3O5S. The zero-order chi connectivity index (χ0) is 20.1. The molecule has 2 aromatic carbocycles. The van der Waals surface area contributed by atoms with Crippen molar-refractivity contribution in [2.24, 2.45) is 0 Å². The van der Waals surface area contributed by atoms with Gasteiger partial charge in [-0.2, -0.15) is 4.31 Å². The molecule has 1 aliphatic heterocycles. The summed E-state index contributed by atoms with van der Waals surface area (Å²) < 4.78 is 37.5. The van der Waals surface area contributed by atoms with Crippen molar-refractivity contribution in [3.8, 4) is 5.75 Å². The minimum absolute atomic E-state index is 0.0667. The molecule has 1 saturated heterocycles. The average Bonchev–Trinajstić information content (AvgIpc) is 2.70. The van der Waals surface area contributed by atoms with Crippen molar-refractivity contribution < 1.29 is 22.7 Å². The van der Waals surface area contributed by atoms with Crippen LogP contribution in [-0.4, -0.2) is 52.2 Å². The first-order valence-corrected chi connectivity index (χ1v) is 10.3. The number of methoxy groups -OCH3 is 1. The summed E-state index contributed by atoms with van der Waals surface area (Å²) in [6.07, 6.45) is 0. The Morgan fingerprint density at radius 1 is 1.11 bits per heavy atom. The van der Waals surface area contributed by atoms with Gasteiger partial charge < -0.3 is 20.1 Å². The van der Waals surface area contributed by atoms with Gasteiger partial charge in [0.2, 0.25) is 10.0 Å². The van der Waals surface area contributed by atoms with Gasteiger partial charge >= 0.3 is 6.03 Å². The molecule has 0 bridgehead atoms. The van der Waals surface area contributed by atoms with Crippen LogP contribution in [0.4, 0.5) is 16.2 Å². The van der Waals surface area contributed by atoms with E-state index in [2.05, 4.69) is 10.6 Å². The van der Waals surface area contributed by atoms with Crippen LogP contribution in [0.5, 0.6) is 5.75 Å². The van der Waals surface area contributed by atoms with Gasteiger partial charge in [-0.1, -0.05) is 11.6 Å². The molecule has 0 atom stereocenters. The monoisotopic (exact) mass is 425 g/mol. The fourth-order valence-corrected chi connectivity index (χ4v) is 4.26. The van der Waals surface area contributed by atoms with E-state index in [1.807, 2.05) is 0 Å². The summed E-state index contributed by atoms with van der Waals surface area (Å²) in [6, 6.07) is 10.4. The third kappa shape index (κ3) is 4.74. The molecule has 0 aromatic heterocycles. The molecule has 1 fully saturated rings. The first-order valence-electron chi connectivity index (χ1n) is 8.49. The van der Waals surface area contributed by atoms with Crippen LogP contribution in [0.1, 0.15) is 0 Å². The Balaban J connectivity index is 1.80. The SMILES string of the molecule is COc1ccc(S(=O)(=O)N2CCOCC2)cc1NC(=O)Nc1ccc(Cl)cc1. The van der Waals surface area contributed by atoms with Crippen molar-refractivity contribution in [3.63, 3.8) is 0 Å². The number of benzene rings is 2. The van der Waals surface area contributed by atoms with Crippen LogP contribution < -0.4 is 15.4 Å². The number of hydrogen-bond donors (Lipinski definition) is 2. The van der Waals surface area contributed by atoms with Crippen LogP contribution in [-0.2, 0) is 14.8 Å². The highest BCUT2D eigenvalue weighted by atomic mass is 35.5. The lowest BCUT2D eigenvalue weighted by molar-refractivity contribution is 0.0730. The first-order chi connectivity index (χ1) is 13.4. The maximum Gasteiger partial charge on any atom is 0.323 e. The van der Waals surface area contributed by atoms with Crippen molar-refractivity contribution >= 4 is 39.0 Å². The zero-order valence-electron chi connectivity index (χ0n) is 15.1. The average molecular weight is 426 g/mol. The molecule has 3 rings (SSSR count). The molecular weight excluding hydrogens is 406 g/mol. The van der Waals surface area contributed by atoms with Gasteiger partial charge in [0.25, 0.3) is 0 Å². The van der Waals surface area contributed by atoms with Crippen molar-refractivity contribution in [2.75, 3.05) is 44.0 Å². The van der Waals surface area contributed by atoms with E-state index in [0.717, 1.165) is 0 Å². The molecule has 150 valence electrons. The molecule has 0 radical (unpaired) electrons. The smallest absolute Gasteiger partial charge is 0.323 e. The molecule has 10 heteroatoms. The minimum atomic E-state index is -3.70. The van der Waals surface area contributed by atoms with E-state index in [0.29, 0.717) is 29.7 Å². The number of amides is 2. The Hall–Kier alpha value is -2.33. The standard InChI is InChI=1S/C18H20ClN3O5S/c1-26-17-7-6-15(28(24,25)22-8-10-27-11-9-22)12-16(17)21-18(23)20-14-4-2-13(19)3-5-14/h2-7,12H,8-11H2,1H3,(H2,20,21,23). The Bertz CT molecular complexity index is 944. The van der Waals surface area contributed by atoms with Crippen LogP contribution in [0.25, 0.3) is 0 Å². The van der Waals surface area contributed by atoms with Gasteiger partial charge in [0, 0.05) is 23.8 Å². The number of nitrogens with zero attached hydrogens (tertiary/aromatic N) is 1. The van der Waals surface area contributed by atoms with E-state index in [1.54, 1.807) is 24.3 Å². The molecule has 2 N–H and O–H groups in total. The van der Waals surface area contributed by atoms with Crippen molar-refractivity contribution in [2.45, 2.75) is 4.90 Å². The number of hydrogen-bond acceptors (Lipinski definition) is 5. The van der Waals surface area contributed by atoms with Gasteiger partial charge in [-0.15, -0.1) is 0 Å². The number of rotatable bonds is 5. The predicted octanol–water partition coefficient (Wildman–Crippen LogP) is 3.01. The molecule has 8 nitrogen and oxygen atoms in total. The second-order valence-electron chi connectivity index (χ2n) is 5.96. The fourth-order valence-electron chi connectivity index (χ4n) is 2.70. The molecule has 2 amide bonds. The molecule has 2 aromatic rings. The van der Waals surface area contributed by atoms with E-state index in [4.69, 9.17) is 21.1 Å². The van der Waals surface area contributed by atoms with Crippen LogP contribution in [0.3, 0.4) is 0 Å². The van der Waals surface area contributed by atoms with Gasteiger partial charge in [-0.25, -0.2) is 13.2 Å². The highest BCUT2D eigenvalue weighted by Crippen LogP contribution is 2.29. The quantitative estimate of drug-likeness (QED) is 0.767. The maximum absolute atomic E-state index is 12.8. The molecule has 0 saturated carbocycles. The summed E-state index contributed by atoms with van der Waals surface area (Å²) in [5, 5.41) is 5.82. The van der Waals surface area contributed by atoms with Crippen molar-refractivity contribution in [1.82, 2.24) is 4.31 Å². The Kier molecular flexibility index (Phi) is 6.40. The summed E-state index contributed by atoms with van der Waals surface area (Å²) in [4.78, 5) is 12.4. The third-order valence-corrected chi connectivity index (χ3v) is 6.28. The Morgan fingerprint density at radius 2 is 1.79 bits per heavy atom. The minimum Gasteiger partial charge on any atom is -0.495 e. The largest absolute Gasteiger partial charge is 0.495 e. The molecule has 0 unspecified atom stereocenters. The number of carbonyl (C=O) groups is 1. The zero-order valence-corrected chi connectivity index (χ0v) is 16.7. The third-order valence-electron chi connectivity index (χ3n) is 4.13. The molecule has 1 heterocycles. The van der Waals surface area contributed by atoms with E-state index in [1.165, 1.54) is 29.6 Å². The number of halogens is 1. The molecule has 0 aliphatic carbocycles. The summed E-state index contributed by atoms with van der Waals surface area (Å²) in [5.41, 5.74) is 0.779. The van der Waals surface area contributed by atoms with Gasteiger partial charge in [0.15, 0.2) is 0 Å². The summed E-state index contributed by atoms with van der Waals surface area (Å²) in [7, 11) is -2.26. The second kappa shape index (κ2) is 8.78. The van der Waals surface area contributed by atoms with Crippen molar-refractivity contribution in [1.29, 1.82) is 0 Å². The second-order valence-corrected chi connectivity index (χ2v) is 8.34. The molecule has 28 heavy (non-hydrogen) atoms. The number of sulfonamides is 1. The lowest BCUT2D eigenvalue weighted by Crippen LogP contribution is -2.40. The summed E-state index contributed by atoms with van der Waals surface area (Å²) >= 11 is 5.83. The summed E-state index contributed by atoms with van der Waals surface area (Å²) in [6.45, 7) is 1.27. The Morgan fingerprint density at radius 3 is 2.43 bits per heavy atom. The maximum atomic E-state index is 12.8. The fraction of sp³-hybridized carbons (Fsp3) is 0.278. The van der Waals surface area contributed by atoms with Crippen LogP contribution in [0.15, 0.2) is 47.4 Å². The van der Waals surface area contributed by atoms with Gasteiger partial charge in [0.1, 0.15) is 5.75 Å². The van der Waals surface area contributed by atoms with Gasteiger partial charge in [0.05, 0.1) is 30.9 Å². The highest BCUT2D eigenvalue weighted by Gasteiger charge is 2.27. The van der Waals surface area contributed by atoms with E-state index >= 15 is 0 Å². The van der Waals surface area contributed by atoms with Crippen LogP contribution in [0, 0.1) is 0 Å². The molecule has 0 spiro atoms.